The predicted molar refractivity (Wildman–Crippen MR) is 58.6 cm³/mol. The Kier molecular flexibility index (Phi) is 2.38. The maximum absolute atomic E-state index is 8.42. The zero-order chi connectivity index (χ0) is 9.97. The van der Waals surface area contributed by atoms with Gasteiger partial charge in [0, 0.05) is 21.5 Å². The Morgan fingerprint density at radius 1 is 1.43 bits per heavy atom. The molecular weight excluding hydrogens is 242 g/mol. The molecule has 0 aliphatic carbocycles. The average molecular weight is 248 g/mol. The number of halogens is 1. The van der Waals surface area contributed by atoms with Gasteiger partial charge in [-0.15, -0.1) is 0 Å². The number of nitrogens with zero attached hydrogens (tertiary/aromatic N) is 1. The SMILES string of the molecule is N#C/C=C/c1coc2ccc(Br)cc12. The van der Waals surface area contributed by atoms with Crippen LogP contribution >= 0.6 is 15.9 Å². The van der Waals surface area contributed by atoms with Gasteiger partial charge in [0.05, 0.1) is 12.3 Å². The topological polar surface area (TPSA) is 36.9 Å². The van der Waals surface area contributed by atoms with Gasteiger partial charge in [-0.2, -0.15) is 5.26 Å². The summed E-state index contributed by atoms with van der Waals surface area (Å²) in [5.41, 5.74) is 1.74. The van der Waals surface area contributed by atoms with Crippen molar-refractivity contribution in [3.8, 4) is 6.07 Å². The highest BCUT2D eigenvalue weighted by Crippen LogP contribution is 2.25. The lowest BCUT2D eigenvalue weighted by Crippen LogP contribution is -1.69. The first kappa shape index (κ1) is 9.04. The summed E-state index contributed by atoms with van der Waals surface area (Å²) in [6, 6.07) is 7.73. The van der Waals surface area contributed by atoms with Crippen LogP contribution in [0.3, 0.4) is 0 Å². The Labute approximate surface area is 89.6 Å². The maximum atomic E-state index is 8.42. The molecule has 1 aromatic carbocycles. The molecule has 3 heteroatoms. The van der Waals surface area contributed by atoms with E-state index in [0.29, 0.717) is 0 Å². The minimum atomic E-state index is 0.825. The second kappa shape index (κ2) is 3.69. The number of benzene rings is 1. The van der Waals surface area contributed by atoms with Gasteiger partial charge in [-0.25, -0.2) is 0 Å². The lowest BCUT2D eigenvalue weighted by Gasteiger charge is -1.90. The lowest BCUT2D eigenvalue weighted by molar-refractivity contribution is 0.615. The van der Waals surface area contributed by atoms with Crippen molar-refractivity contribution in [2.24, 2.45) is 0 Å². The molecule has 0 saturated carbocycles. The molecule has 14 heavy (non-hydrogen) atoms. The van der Waals surface area contributed by atoms with Gasteiger partial charge in [0.1, 0.15) is 5.58 Å². The van der Waals surface area contributed by atoms with Crippen LogP contribution in [0.4, 0.5) is 0 Å². The van der Waals surface area contributed by atoms with Crippen LogP contribution in [0, 0.1) is 11.3 Å². The highest BCUT2D eigenvalue weighted by molar-refractivity contribution is 9.10. The van der Waals surface area contributed by atoms with E-state index in [1.54, 1.807) is 12.3 Å². The molecule has 0 aliphatic rings. The predicted octanol–water partition coefficient (Wildman–Crippen LogP) is 3.73. The molecule has 2 nitrogen and oxygen atoms in total. The Hall–Kier alpha value is -1.53. The van der Waals surface area contributed by atoms with E-state index in [2.05, 4.69) is 15.9 Å². The molecule has 0 amide bonds. The molecule has 0 saturated heterocycles. The zero-order valence-electron chi connectivity index (χ0n) is 7.20. The van der Waals surface area contributed by atoms with Crippen molar-refractivity contribution in [1.82, 2.24) is 0 Å². The van der Waals surface area contributed by atoms with Crippen molar-refractivity contribution in [1.29, 1.82) is 5.26 Å². The number of furan rings is 1. The molecule has 68 valence electrons. The molecule has 2 aromatic rings. The van der Waals surface area contributed by atoms with Gasteiger partial charge >= 0.3 is 0 Å². The summed E-state index contributed by atoms with van der Waals surface area (Å²) >= 11 is 3.39. The fourth-order valence-electron chi connectivity index (χ4n) is 1.28. The summed E-state index contributed by atoms with van der Waals surface area (Å²) in [5.74, 6) is 0. The van der Waals surface area contributed by atoms with Gasteiger partial charge in [0.25, 0.3) is 0 Å². The van der Waals surface area contributed by atoms with Crippen molar-refractivity contribution in [3.63, 3.8) is 0 Å². The normalized spacial score (nSPS) is 10.9. The van der Waals surface area contributed by atoms with E-state index in [1.807, 2.05) is 24.3 Å². The average Bonchev–Trinajstić information content (AvgIpc) is 2.57. The van der Waals surface area contributed by atoms with Crippen molar-refractivity contribution in [2.45, 2.75) is 0 Å². The van der Waals surface area contributed by atoms with Crippen molar-refractivity contribution in [3.05, 3.63) is 40.6 Å². The molecule has 0 fully saturated rings. The van der Waals surface area contributed by atoms with E-state index < -0.39 is 0 Å². The fourth-order valence-corrected chi connectivity index (χ4v) is 1.64. The molecule has 0 atom stereocenters. The number of hydrogen-bond donors (Lipinski definition) is 0. The van der Waals surface area contributed by atoms with Gasteiger partial charge in [-0.05, 0) is 24.3 Å². The van der Waals surface area contributed by atoms with E-state index in [4.69, 9.17) is 9.68 Å². The first-order chi connectivity index (χ1) is 6.81. The molecule has 0 N–H and O–H groups in total. The number of rotatable bonds is 1. The van der Waals surface area contributed by atoms with Gasteiger partial charge in [-0.1, -0.05) is 15.9 Å². The summed E-state index contributed by atoms with van der Waals surface area (Å²) < 4.78 is 6.32. The van der Waals surface area contributed by atoms with Crippen LogP contribution in [0.15, 0.2) is 39.4 Å². The Balaban J connectivity index is 2.62. The molecule has 0 spiro atoms. The van der Waals surface area contributed by atoms with Crippen LogP contribution in [-0.2, 0) is 0 Å². The highest BCUT2D eigenvalue weighted by atomic mass is 79.9. The number of hydrogen-bond acceptors (Lipinski definition) is 2. The van der Waals surface area contributed by atoms with Gasteiger partial charge < -0.3 is 4.42 Å². The van der Waals surface area contributed by atoms with Crippen LogP contribution in [0.25, 0.3) is 17.0 Å². The summed E-state index contributed by atoms with van der Waals surface area (Å²) in [5, 5.41) is 9.42. The zero-order valence-corrected chi connectivity index (χ0v) is 8.78. The standard InChI is InChI=1S/C11H6BrNO/c12-9-3-4-11-10(6-9)8(7-14-11)2-1-5-13/h1-4,6-7H/b2-1+. The summed E-state index contributed by atoms with van der Waals surface area (Å²) in [7, 11) is 0. The van der Waals surface area contributed by atoms with E-state index in [1.165, 1.54) is 6.08 Å². The minimum absolute atomic E-state index is 0.825. The first-order valence-electron chi connectivity index (χ1n) is 4.04. The van der Waals surface area contributed by atoms with Crippen LogP contribution in [0.1, 0.15) is 5.56 Å². The van der Waals surface area contributed by atoms with Crippen LogP contribution in [-0.4, -0.2) is 0 Å². The third-order valence-corrected chi connectivity index (χ3v) is 2.40. The van der Waals surface area contributed by atoms with E-state index in [-0.39, 0.29) is 0 Å². The molecule has 0 bridgehead atoms. The van der Waals surface area contributed by atoms with E-state index >= 15 is 0 Å². The second-order valence-corrected chi connectivity index (χ2v) is 3.71. The fraction of sp³-hybridized carbons (Fsp3) is 0. The lowest BCUT2D eigenvalue weighted by atomic mass is 10.2. The molecule has 0 aliphatic heterocycles. The third-order valence-electron chi connectivity index (χ3n) is 1.90. The van der Waals surface area contributed by atoms with Crippen LogP contribution < -0.4 is 0 Å². The molecule has 1 heterocycles. The Bertz CT molecular complexity index is 534. The largest absolute Gasteiger partial charge is 0.464 e. The second-order valence-electron chi connectivity index (χ2n) is 2.79. The molecule has 2 rings (SSSR count). The number of fused-ring (bicyclic) bond motifs is 1. The minimum Gasteiger partial charge on any atom is -0.464 e. The monoisotopic (exact) mass is 247 g/mol. The third kappa shape index (κ3) is 1.57. The summed E-state index contributed by atoms with van der Waals surface area (Å²) in [6.45, 7) is 0. The quantitative estimate of drug-likeness (QED) is 0.721. The number of nitriles is 1. The Morgan fingerprint density at radius 2 is 2.29 bits per heavy atom. The molecular formula is C11H6BrNO. The van der Waals surface area contributed by atoms with Crippen LogP contribution in [0.5, 0.6) is 0 Å². The smallest absolute Gasteiger partial charge is 0.134 e. The van der Waals surface area contributed by atoms with Gasteiger partial charge in [-0.3, -0.25) is 0 Å². The molecule has 0 unspecified atom stereocenters. The summed E-state index contributed by atoms with van der Waals surface area (Å²) in [6.07, 6.45) is 4.81. The molecule has 1 aromatic heterocycles. The summed E-state index contributed by atoms with van der Waals surface area (Å²) in [4.78, 5) is 0. The highest BCUT2D eigenvalue weighted by Gasteiger charge is 2.02. The van der Waals surface area contributed by atoms with Gasteiger partial charge in [0.15, 0.2) is 0 Å². The van der Waals surface area contributed by atoms with E-state index in [0.717, 1.165) is 21.0 Å². The van der Waals surface area contributed by atoms with Crippen molar-refractivity contribution in [2.75, 3.05) is 0 Å². The first-order valence-corrected chi connectivity index (χ1v) is 4.83. The van der Waals surface area contributed by atoms with Crippen LogP contribution in [0.2, 0.25) is 0 Å². The van der Waals surface area contributed by atoms with E-state index in [9.17, 15) is 0 Å². The van der Waals surface area contributed by atoms with Crippen molar-refractivity contribution >= 4 is 33.0 Å². The van der Waals surface area contributed by atoms with Crippen molar-refractivity contribution < 1.29 is 4.42 Å². The van der Waals surface area contributed by atoms with Gasteiger partial charge in [0.2, 0.25) is 0 Å². The molecule has 0 radical (unpaired) electrons. The maximum Gasteiger partial charge on any atom is 0.134 e. The number of allylic oxidation sites excluding steroid dienone is 1. The Morgan fingerprint density at radius 3 is 3.07 bits per heavy atom.